The Morgan fingerprint density at radius 1 is 1.11 bits per heavy atom. The average molecular weight is 258 g/mol. The number of nitrogens with one attached hydrogen (secondary N) is 1. The van der Waals surface area contributed by atoms with Crippen LogP contribution in [-0.2, 0) is 6.42 Å². The lowest BCUT2D eigenvalue weighted by molar-refractivity contribution is 0.504. The Morgan fingerprint density at radius 2 is 1.84 bits per heavy atom. The second kappa shape index (κ2) is 6.88. The minimum atomic E-state index is 0.352. The first kappa shape index (κ1) is 14.3. The van der Waals surface area contributed by atoms with E-state index >= 15 is 0 Å². The first-order chi connectivity index (χ1) is 9.17. The lowest BCUT2D eigenvalue weighted by Crippen LogP contribution is -2.37. The summed E-state index contributed by atoms with van der Waals surface area (Å²) in [4.78, 5) is 0. The fraction of sp³-hybridized carbons (Fsp3) is 0.529. The molecule has 0 heterocycles. The summed E-state index contributed by atoms with van der Waals surface area (Å²) in [5.74, 6) is 5.74. The fourth-order valence-corrected chi connectivity index (χ4v) is 3.07. The highest BCUT2D eigenvalue weighted by atomic mass is 15.2. The van der Waals surface area contributed by atoms with E-state index in [0.717, 1.165) is 12.8 Å². The number of allylic oxidation sites excluding steroid dienone is 1. The predicted molar refractivity (Wildman–Crippen MR) is 81.9 cm³/mol. The molecule has 0 aromatic heterocycles. The Hall–Kier alpha value is -1.12. The SMILES string of the molecule is Cc1cc(C)cc(CC(CC2=CCCCC2)NN)c1. The second-order valence-electron chi connectivity index (χ2n) is 5.88. The molecule has 3 N–H and O–H groups in total. The normalized spacial score (nSPS) is 17.1. The van der Waals surface area contributed by atoms with Crippen molar-refractivity contribution >= 4 is 0 Å². The Bertz CT molecular complexity index is 428. The van der Waals surface area contributed by atoms with Crippen molar-refractivity contribution in [3.63, 3.8) is 0 Å². The molecule has 19 heavy (non-hydrogen) atoms. The Labute approximate surface area is 117 Å². The van der Waals surface area contributed by atoms with Gasteiger partial charge in [0.2, 0.25) is 0 Å². The van der Waals surface area contributed by atoms with Crippen molar-refractivity contribution in [3.8, 4) is 0 Å². The molecular formula is C17H26N2. The highest BCUT2D eigenvalue weighted by Gasteiger charge is 2.12. The van der Waals surface area contributed by atoms with Gasteiger partial charge in [0.05, 0.1) is 0 Å². The van der Waals surface area contributed by atoms with Crippen LogP contribution in [0.3, 0.4) is 0 Å². The molecule has 0 bridgehead atoms. The third-order valence-corrected chi connectivity index (χ3v) is 3.89. The van der Waals surface area contributed by atoms with Crippen LogP contribution in [0.15, 0.2) is 29.8 Å². The molecule has 1 atom stereocenters. The summed E-state index contributed by atoms with van der Waals surface area (Å²) in [6.07, 6.45) is 9.70. The van der Waals surface area contributed by atoms with Crippen LogP contribution >= 0.6 is 0 Å². The van der Waals surface area contributed by atoms with E-state index in [-0.39, 0.29) is 0 Å². The first-order valence-electron chi connectivity index (χ1n) is 7.38. The van der Waals surface area contributed by atoms with E-state index in [2.05, 4.69) is 43.5 Å². The zero-order valence-electron chi connectivity index (χ0n) is 12.2. The van der Waals surface area contributed by atoms with E-state index in [0.29, 0.717) is 6.04 Å². The van der Waals surface area contributed by atoms with Crippen LogP contribution in [-0.4, -0.2) is 6.04 Å². The molecule has 1 aliphatic rings. The molecule has 1 aromatic carbocycles. The van der Waals surface area contributed by atoms with Crippen molar-refractivity contribution in [1.29, 1.82) is 0 Å². The van der Waals surface area contributed by atoms with Crippen LogP contribution in [0.1, 0.15) is 48.8 Å². The van der Waals surface area contributed by atoms with Crippen molar-refractivity contribution in [3.05, 3.63) is 46.5 Å². The molecule has 1 unspecified atom stereocenters. The van der Waals surface area contributed by atoms with Crippen molar-refractivity contribution in [2.45, 2.75) is 58.4 Å². The third-order valence-electron chi connectivity index (χ3n) is 3.89. The second-order valence-corrected chi connectivity index (χ2v) is 5.88. The molecule has 0 saturated carbocycles. The Kier molecular flexibility index (Phi) is 5.17. The summed E-state index contributed by atoms with van der Waals surface area (Å²) in [5, 5.41) is 0. The van der Waals surface area contributed by atoms with Gasteiger partial charge in [-0.25, -0.2) is 0 Å². The molecule has 0 fully saturated rings. The minimum absolute atomic E-state index is 0.352. The smallest absolute Gasteiger partial charge is 0.0288 e. The molecule has 0 radical (unpaired) electrons. The van der Waals surface area contributed by atoms with Gasteiger partial charge >= 0.3 is 0 Å². The topological polar surface area (TPSA) is 38.0 Å². The summed E-state index contributed by atoms with van der Waals surface area (Å²) in [6, 6.07) is 7.11. The molecule has 1 aliphatic carbocycles. The summed E-state index contributed by atoms with van der Waals surface area (Å²) < 4.78 is 0. The quantitative estimate of drug-likeness (QED) is 0.481. The molecule has 0 saturated heterocycles. The van der Waals surface area contributed by atoms with E-state index in [9.17, 15) is 0 Å². The van der Waals surface area contributed by atoms with Crippen molar-refractivity contribution < 1.29 is 0 Å². The van der Waals surface area contributed by atoms with Crippen LogP contribution in [0.25, 0.3) is 0 Å². The summed E-state index contributed by atoms with van der Waals surface area (Å²) >= 11 is 0. The fourth-order valence-electron chi connectivity index (χ4n) is 3.07. The number of benzene rings is 1. The molecule has 2 rings (SSSR count). The molecule has 2 nitrogen and oxygen atoms in total. The molecule has 0 amide bonds. The zero-order chi connectivity index (χ0) is 13.7. The molecule has 104 valence electrons. The molecule has 1 aromatic rings. The van der Waals surface area contributed by atoms with Gasteiger partial charge in [-0.15, -0.1) is 0 Å². The highest BCUT2D eigenvalue weighted by molar-refractivity contribution is 5.29. The summed E-state index contributed by atoms with van der Waals surface area (Å²) in [7, 11) is 0. The van der Waals surface area contributed by atoms with Crippen LogP contribution in [0, 0.1) is 13.8 Å². The Balaban J connectivity index is 1.99. The van der Waals surface area contributed by atoms with Crippen molar-refractivity contribution in [1.82, 2.24) is 5.43 Å². The average Bonchev–Trinajstić information content (AvgIpc) is 2.38. The Morgan fingerprint density at radius 3 is 2.42 bits per heavy atom. The molecule has 0 spiro atoms. The largest absolute Gasteiger partial charge is 0.271 e. The van der Waals surface area contributed by atoms with Gasteiger partial charge < -0.3 is 0 Å². The number of rotatable bonds is 5. The van der Waals surface area contributed by atoms with E-state index < -0.39 is 0 Å². The third kappa shape index (κ3) is 4.48. The molecule has 2 heteroatoms. The van der Waals surface area contributed by atoms with E-state index in [1.54, 1.807) is 5.57 Å². The van der Waals surface area contributed by atoms with Crippen LogP contribution < -0.4 is 11.3 Å². The number of hydrazine groups is 1. The summed E-state index contributed by atoms with van der Waals surface area (Å²) in [5.41, 5.74) is 8.64. The lowest BCUT2D eigenvalue weighted by atomic mass is 9.91. The summed E-state index contributed by atoms with van der Waals surface area (Å²) in [6.45, 7) is 4.32. The van der Waals surface area contributed by atoms with Crippen molar-refractivity contribution in [2.24, 2.45) is 5.84 Å². The van der Waals surface area contributed by atoms with Gasteiger partial charge in [-0.1, -0.05) is 41.0 Å². The van der Waals surface area contributed by atoms with E-state index in [4.69, 9.17) is 5.84 Å². The van der Waals surface area contributed by atoms with Gasteiger partial charge in [0, 0.05) is 6.04 Å². The number of hydrogen-bond donors (Lipinski definition) is 2. The standard InChI is InChI=1S/C17H26N2/c1-13-8-14(2)10-16(9-13)12-17(19-18)11-15-6-4-3-5-7-15/h6,8-10,17,19H,3-5,7,11-12,18H2,1-2H3. The number of aryl methyl sites for hydroxylation is 2. The highest BCUT2D eigenvalue weighted by Crippen LogP contribution is 2.22. The van der Waals surface area contributed by atoms with Gasteiger partial charge in [-0.05, 0) is 57.9 Å². The molecule has 0 aliphatic heterocycles. The monoisotopic (exact) mass is 258 g/mol. The minimum Gasteiger partial charge on any atom is -0.271 e. The van der Waals surface area contributed by atoms with E-state index in [1.807, 2.05) is 0 Å². The maximum atomic E-state index is 5.74. The predicted octanol–water partition coefficient (Wildman–Crippen LogP) is 3.57. The zero-order valence-corrected chi connectivity index (χ0v) is 12.2. The van der Waals surface area contributed by atoms with Crippen LogP contribution in [0.5, 0.6) is 0 Å². The van der Waals surface area contributed by atoms with Gasteiger partial charge in [0.15, 0.2) is 0 Å². The maximum Gasteiger partial charge on any atom is 0.0288 e. The molecular weight excluding hydrogens is 232 g/mol. The van der Waals surface area contributed by atoms with Crippen LogP contribution in [0.4, 0.5) is 0 Å². The van der Waals surface area contributed by atoms with Crippen LogP contribution in [0.2, 0.25) is 0 Å². The lowest BCUT2D eigenvalue weighted by Gasteiger charge is -2.20. The van der Waals surface area contributed by atoms with Gasteiger partial charge in [0.25, 0.3) is 0 Å². The van der Waals surface area contributed by atoms with Gasteiger partial charge in [-0.2, -0.15) is 0 Å². The first-order valence-corrected chi connectivity index (χ1v) is 7.38. The van der Waals surface area contributed by atoms with E-state index in [1.165, 1.54) is 42.4 Å². The maximum absolute atomic E-state index is 5.74. The number of nitrogens with two attached hydrogens (primary N) is 1. The van der Waals surface area contributed by atoms with Gasteiger partial charge in [-0.3, -0.25) is 11.3 Å². The van der Waals surface area contributed by atoms with Crippen molar-refractivity contribution in [2.75, 3.05) is 0 Å². The van der Waals surface area contributed by atoms with Gasteiger partial charge in [0.1, 0.15) is 0 Å². The number of hydrogen-bond acceptors (Lipinski definition) is 2.